The van der Waals surface area contributed by atoms with Crippen molar-refractivity contribution in [3.63, 3.8) is 0 Å². The lowest BCUT2D eigenvalue weighted by atomic mass is 10.2. The lowest BCUT2D eigenvalue weighted by Crippen LogP contribution is -2.23. The third-order valence-corrected chi connectivity index (χ3v) is 6.46. The molecule has 6 nitrogen and oxygen atoms in total. The van der Waals surface area contributed by atoms with Gasteiger partial charge in [-0.25, -0.2) is 23.4 Å². The number of hydrogen-bond donors (Lipinski definition) is 0. The van der Waals surface area contributed by atoms with Crippen molar-refractivity contribution in [3.05, 3.63) is 12.7 Å². The molecule has 8 heteroatoms. The molecule has 0 spiro atoms. The van der Waals surface area contributed by atoms with Gasteiger partial charge in [0.2, 0.25) is 0 Å². The lowest BCUT2D eigenvalue weighted by molar-refractivity contribution is 0.567. The van der Waals surface area contributed by atoms with Crippen molar-refractivity contribution in [1.29, 1.82) is 0 Å². The molecule has 0 aromatic carbocycles. The summed E-state index contributed by atoms with van der Waals surface area (Å²) in [6.07, 6.45) is 3.16. The summed E-state index contributed by atoms with van der Waals surface area (Å²) in [5.74, 6) is 0.426. The minimum atomic E-state index is -2.94. The molecule has 4 heterocycles. The van der Waals surface area contributed by atoms with Crippen LogP contribution in [-0.2, 0) is 9.84 Å². The van der Waals surface area contributed by atoms with Crippen molar-refractivity contribution in [3.8, 4) is 0 Å². The molecule has 2 aliphatic rings. The van der Waals surface area contributed by atoms with E-state index < -0.39 is 9.84 Å². The number of hydrogen-bond acceptors (Lipinski definition) is 6. The van der Waals surface area contributed by atoms with E-state index in [4.69, 9.17) is 0 Å². The van der Waals surface area contributed by atoms with E-state index in [0.717, 1.165) is 10.5 Å². The van der Waals surface area contributed by atoms with Crippen LogP contribution in [0.25, 0.3) is 11.2 Å². The molecule has 0 saturated carbocycles. The normalized spacial score (nSPS) is 29.4. The Kier molecular flexibility index (Phi) is 1.73. The molecule has 0 bridgehead atoms. The summed E-state index contributed by atoms with van der Waals surface area (Å²) < 4.78 is 25.3. The van der Waals surface area contributed by atoms with Crippen LogP contribution in [0.1, 0.15) is 6.04 Å². The zero-order valence-corrected chi connectivity index (χ0v) is 10.3. The molecule has 2 aliphatic heterocycles. The van der Waals surface area contributed by atoms with E-state index in [1.54, 1.807) is 6.33 Å². The first-order valence-electron chi connectivity index (χ1n) is 5.19. The standard InChI is InChI=1S/C9H8N4O2S2/c14-17(15)1-5-6(2-17)16-9-7-8(10-3-11-9)12-4-13(5)7/h3-6H,1-2H2/t5-,6-/m0/s1. The number of fused-ring (bicyclic) bond motifs is 2. The molecule has 2 aromatic rings. The monoisotopic (exact) mass is 268 g/mol. The average Bonchev–Trinajstić information content (AvgIpc) is 2.80. The Bertz CT molecular complexity index is 724. The van der Waals surface area contributed by atoms with E-state index in [9.17, 15) is 8.42 Å². The molecule has 1 saturated heterocycles. The SMILES string of the molecule is O=S1(=O)C[C@@H]2Sc3ncnc4ncn(c34)[C@H]2C1. The molecular formula is C9H8N4O2S2. The van der Waals surface area contributed by atoms with E-state index in [1.165, 1.54) is 18.1 Å². The highest BCUT2D eigenvalue weighted by Gasteiger charge is 2.43. The average molecular weight is 268 g/mol. The van der Waals surface area contributed by atoms with Gasteiger partial charge < -0.3 is 4.57 Å². The molecule has 0 aliphatic carbocycles. The highest BCUT2D eigenvalue weighted by molar-refractivity contribution is 8.02. The number of nitrogens with zero attached hydrogens (tertiary/aromatic N) is 4. The van der Waals surface area contributed by atoms with Gasteiger partial charge in [-0.3, -0.25) is 0 Å². The fourth-order valence-corrected chi connectivity index (χ4v) is 6.37. The van der Waals surface area contributed by atoms with Crippen molar-refractivity contribution < 1.29 is 8.42 Å². The number of rotatable bonds is 0. The predicted octanol–water partition coefficient (Wildman–Crippen LogP) is 0.270. The molecule has 2 aromatic heterocycles. The Morgan fingerprint density at radius 1 is 1.29 bits per heavy atom. The van der Waals surface area contributed by atoms with Crippen LogP contribution in [0.5, 0.6) is 0 Å². The molecule has 0 N–H and O–H groups in total. The van der Waals surface area contributed by atoms with Gasteiger partial charge in [0, 0.05) is 5.25 Å². The maximum atomic E-state index is 11.7. The summed E-state index contributed by atoms with van der Waals surface area (Å²) in [6.45, 7) is 0. The van der Waals surface area contributed by atoms with Gasteiger partial charge in [0.1, 0.15) is 16.9 Å². The van der Waals surface area contributed by atoms with Crippen molar-refractivity contribution in [1.82, 2.24) is 19.5 Å². The lowest BCUT2D eigenvalue weighted by Gasteiger charge is -2.24. The topological polar surface area (TPSA) is 77.7 Å². The minimum Gasteiger partial charge on any atom is -0.322 e. The molecule has 0 unspecified atom stereocenters. The zero-order chi connectivity index (χ0) is 11.6. The first-order valence-corrected chi connectivity index (χ1v) is 7.89. The van der Waals surface area contributed by atoms with Crippen LogP contribution >= 0.6 is 11.8 Å². The summed E-state index contributed by atoms with van der Waals surface area (Å²) in [7, 11) is -2.94. The molecule has 0 radical (unpaired) electrons. The maximum Gasteiger partial charge on any atom is 0.181 e. The quantitative estimate of drug-likeness (QED) is 0.638. The van der Waals surface area contributed by atoms with Crippen LogP contribution in [0.4, 0.5) is 0 Å². The Morgan fingerprint density at radius 2 is 2.18 bits per heavy atom. The number of sulfone groups is 1. The van der Waals surface area contributed by atoms with E-state index >= 15 is 0 Å². The van der Waals surface area contributed by atoms with Crippen molar-refractivity contribution in [2.45, 2.75) is 16.3 Å². The van der Waals surface area contributed by atoms with E-state index in [0.29, 0.717) is 5.65 Å². The second kappa shape index (κ2) is 2.99. The van der Waals surface area contributed by atoms with Crippen molar-refractivity contribution in [2.24, 2.45) is 0 Å². The first kappa shape index (κ1) is 9.84. The molecule has 88 valence electrons. The van der Waals surface area contributed by atoms with Crippen LogP contribution in [0.15, 0.2) is 17.7 Å². The smallest absolute Gasteiger partial charge is 0.181 e. The van der Waals surface area contributed by atoms with Crippen molar-refractivity contribution >= 4 is 32.8 Å². The maximum absolute atomic E-state index is 11.7. The minimum absolute atomic E-state index is 0.0199. The van der Waals surface area contributed by atoms with E-state index in [-0.39, 0.29) is 22.8 Å². The van der Waals surface area contributed by atoms with Gasteiger partial charge in [0.25, 0.3) is 0 Å². The number of imidazole rings is 1. The molecule has 1 fully saturated rings. The second-order valence-electron chi connectivity index (χ2n) is 4.30. The third kappa shape index (κ3) is 1.28. The number of thioether (sulfide) groups is 1. The zero-order valence-electron chi connectivity index (χ0n) is 8.65. The van der Waals surface area contributed by atoms with Crippen LogP contribution in [-0.4, -0.2) is 44.7 Å². The molecular weight excluding hydrogens is 260 g/mol. The third-order valence-electron chi connectivity index (χ3n) is 3.22. The van der Waals surface area contributed by atoms with Gasteiger partial charge in [-0.05, 0) is 0 Å². The van der Waals surface area contributed by atoms with Gasteiger partial charge in [0.15, 0.2) is 15.5 Å². The second-order valence-corrected chi connectivity index (χ2v) is 7.69. The van der Waals surface area contributed by atoms with Crippen molar-refractivity contribution in [2.75, 3.05) is 11.5 Å². The Balaban J connectivity index is 2.00. The Hall–Kier alpha value is -1.15. The van der Waals surface area contributed by atoms with Crippen LogP contribution in [0.2, 0.25) is 0 Å². The van der Waals surface area contributed by atoms with E-state index in [1.807, 2.05) is 4.57 Å². The summed E-state index contributed by atoms with van der Waals surface area (Å²) in [5, 5.41) is 0.894. The summed E-state index contributed by atoms with van der Waals surface area (Å²) in [5.41, 5.74) is 1.51. The summed E-state index contributed by atoms with van der Waals surface area (Å²) in [6, 6.07) is -0.0199. The highest BCUT2D eigenvalue weighted by Crippen LogP contribution is 2.44. The van der Waals surface area contributed by atoms with Crippen LogP contribution in [0.3, 0.4) is 0 Å². The molecule has 17 heavy (non-hydrogen) atoms. The fourth-order valence-electron chi connectivity index (χ4n) is 2.50. The van der Waals surface area contributed by atoms with E-state index in [2.05, 4.69) is 15.0 Å². The Morgan fingerprint density at radius 3 is 3.06 bits per heavy atom. The highest BCUT2D eigenvalue weighted by atomic mass is 32.2. The summed E-state index contributed by atoms with van der Waals surface area (Å²) in [4.78, 5) is 12.5. The Labute approximate surface area is 101 Å². The van der Waals surface area contributed by atoms with Gasteiger partial charge in [-0.2, -0.15) is 0 Å². The van der Waals surface area contributed by atoms with Crippen LogP contribution in [0, 0.1) is 0 Å². The van der Waals surface area contributed by atoms with Gasteiger partial charge in [-0.1, -0.05) is 11.8 Å². The van der Waals surface area contributed by atoms with Gasteiger partial charge in [-0.15, -0.1) is 0 Å². The number of aromatic nitrogens is 4. The first-order chi connectivity index (χ1) is 8.14. The van der Waals surface area contributed by atoms with Gasteiger partial charge in [0.05, 0.1) is 23.9 Å². The molecule has 4 rings (SSSR count). The molecule has 2 atom stereocenters. The fraction of sp³-hybridized carbons (Fsp3) is 0.444. The van der Waals surface area contributed by atoms with Gasteiger partial charge >= 0.3 is 0 Å². The predicted molar refractivity (Wildman–Crippen MR) is 62.7 cm³/mol. The molecule has 0 amide bonds. The largest absolute Gasteiger partial charge is 0.322 e. The summed E-state index contributed by atoms with van der Waals surface area (Å²) >= 11 is 1.54. The van der Waals surface area contributed by atoms with Crippen LogP contribution < -0.4 is 0 Å².